The van der Waals surface area contributed by atoms with Crippen LogP contribution in [0.3, 0.4) is 0 Å². The van der Waals surface area contributed by atoms with Crippen molar-refractivity contribution in [1.29, 1.82) is 0 Å². The maximum Gasteiger partial charge on any atom is 0.168 e. The number of morpholine rings is 1. The second kappa shape index (κ2) is 6.98. The molecule has 4 rings (SSSR count). The van der Waals surface area contributed by atoms with Crippen molar-refractivity contribution < 1.29 is 9.47 Å². The molecule has 2 aromatic heterocycles. The molecule has 1 fully saturated rings. The molecule has 24 heavy (non-hydrogen) atoms. The van der Waals surface area contributed by atoms with E-state index in [0.717, 1.165) is 55.6 Å². The molecule has 1 aliphatic rings. The van der Waals surface area contributed by atoms with Crippen molar-refractivity contribution in [3.63, 3.8) is 0 Å². The zero-order valence-electron chi connectivity index (χ0n) is 13.5. The Morgan fingerprint density at radius 2 is 1.96 bits per heavy atom. The Labute approximate surface area is 140 Å². The van der Waals surface area contributed by atoms with E-state index in [9.17, 15) is 0 Å². The van der Waals surface area contributed by atoms with E-state index in [1.165, 1.54) is 0 Å². The van der Waals surface area contributed by atoms with Gasteiger partial charge < -0.3 is 9.47 Å². The Morgan fingerprint density at radius 1 is 1.04 bits per heavy atom. The summed E-state index contributed by atoms with van der Waals surface area (Å²) in [6.07, 6.45) is 1.97. The molecule has 1 aliphatic heterocycles. The third-order valence-electron chi connectivity index (χ3n) is 4.19. The van der Waals surface area contributed by atoms with E-state index in [2.05, 4.69) is 15.1 Å². The average Bonchev–Trinajstić information content (AvgIpc) is 3.07. The van der Waals surface area contributed by atoms with Crippen LogP contribution in [-0.2, 0) is 4.74 Å². The summed E-state index contributed by atoms with van der Waals surface area (Å²) >= 11 is 0. The minimum atomic E-state index is 0.671. The van der Waals surface area contributed by atoms with E-state index in [1.54, 1.807) is 0 Å². The van der Waals surface area contributed by atoms with E-state index in [4.69, 9.17) is 9.47 Å². The van der Waals surface area contributed by atoms with Crippen LogP contribution in [-0.4, -0.2) is 59.0 Å². The Hall–Kier alpha value is -2.44. The molecular weight excluding hydrogens is 304 g/mol. The fourth-order valence-electron chi connectivity index (χ4n) is 2.88. The minimum Gasteiger partial charge on any atom is -0.492 e. The molecule has 0 atom stereocenters. The van der Waals surface area contributed by atoms with Crippen LogP contribution in [0.1, 0.15) is 0 Å². The number of hydrogen-bond donors (Lipinski definition) is 0. The maximum absolute atomic E-state index is 5.92. The first-order valence-corrected chi connectivity index (χ1v) is 8.23. The van der Waals surface area contributed by atoms with Gasteiger partial charge >= 0.3 is 0 Å². The third-order valence-corrected chi connectivity index (χ3v) is 4.19. The number of rotatable bonds is 5. The fraction of sp³-hybridized carbons (Fsp3) is 0.333. The number of hydrogen-bond acceptors (Lipinski definition) is 5. The summed E-state index contributed by atoms with van der Waals surface area (Å²) in [6, 6.07) is 13.9. The molecule has 3 aromatic rings. The lowest BCUT2D eigenvalue weighted by molar-refractivity contribution is 0.0322. The summed E-state index contributed by atoms with van der Waals surface area (Å²) < 4.78 is 13.3. The normalized spacial score (nSPS) is 15.7. The smallest absolute Gasteiger partial charge is 0.168 e. The largest absolute Gasteiger partial charge is 0.492 e. The van der Waals surface area contributed by atoms with Gasteiger partial charge in [0.05, 0.1) is 13.2 Å². The van der Waals surface area contributed by atoms with Crippen LogP contribution in [0.5, 0.6) is 5.75 Å². The fourth-order valence-corrected chi connectivity index (χ4v) is 2.88. The van der Waals surface area contributed by atoms with E-state index >= 15 is 0 Å². The molecule has 6 heteroatoms. The second-order valence-electron chi connectivity index (χ2n) is 5.78. The number of ether oxygens (including phenoxy) is 2. The van der Waals surface area contributed by atoms with Crippen molar-refractivity contribution in [3.8, 4) is 17.1 Å². The second-order valence-corrected chi connectivity index (χ2v) is 5.78. The molecule has 0 saturated carbocycles. The van der Waals surface area contributed by atoms with Gasteiger partial charge in [-0.1, -0.05) is 18.2 Å². The van der Waals surface area contributed by atoms with Gasteiger partial charge in [-0.2, -0.15) is 0 Å². The van der Waals surface area contributed by atoms with Crippen LogP contribution in [0.2, 0.25) is 0 Å². The number of pyridine rings is 1. The Balaban J connectivity index is 1.45. The molecule has 0 amide bonds. The van der Waals surface area contributed by atoms with Crippen LogP contribution in [0.4, 0.5) is 0 Å². The number of aromatic nitrogens is 3. The molecule has 0 N–H and O–H groups in total. The highest BCUT2D eigenvalue weighted by Crippen LogP contribution is 2.23. The monoisotopic (exact) mass is 324 g/mol. The van der Waals surface area contributed by atoms with Crippen molar-refractivity contribution in [2.24, 2.45) is 0 Å². The summed E-state index contributed by atoms with van der Waals surface area (Å²) in [5.74, 6) is 1.68. The topological polar surface area (TPSA) is 51.9 Å². The first-order valence-electron chi connectivity index (χ1n) is 8.23. The Morgan fingerprint density at radius 3 is 2.88 bits per heavy atom. The van der Waals surface area contributed by atoms with Gasteiger partial charge in [-0.3, -0.25) is 9.30 Å². The summed E-state index contributed by atoms with van der Waals surface area (Å²) in [4.78, 5) is 2.36. The summed E-state index contributed by atoms with van der Waals surface area (Å²) in [5.41, 5.74) is 1.84. The standard InChI is InChI=1S/C18H20N4O2/c1-2-7-22-17(6-1)19-20-18(22)15-4-3-5-16(14-15)24-13-10-21-8-11-23-12-9-21/h1-7,14H,8-13H2. The molecule has 0 unspecified atom stereocenters. The third kappa shape index (κ3) is 3.25. The van der Waals surface area contributed by atoms with Crippen LogP contribution >= 0.6 is 0 Å². The molecular formula is C18H20N4O2. The molecule has 124 valence electrons. The molecule has 3 heterocycles. The van der Waals surface area contributed by atoms with Gasteiger partial charge in [0.15, 0.2) is 11.5 Å². The highest BCUT2D eigenvalue weighted by atomic mass is 16.5. The van der Waals surface area contributed by atoms with Gasteiger partial charge in [0, 0.05) is 31.4 Å². The van der Waals surface area contributed by atoms with Crippen molar-refractivity contribution in [2.45, 2.75) is 0 Å². The zero-order chi connectivity index (χ0) is 16.2. The molecule has 0 aliphatic carbocycles. The lowest BCUT2D eigenvalue weighted by atomic mass is 10.2. The molecule has 1 aromatic carbocycles. The van der Waals surface area contributed by atoms with E-state index < -0.39 is 0 Å². The number of benzene rings is 1. The highest BCUT2D eigenvalue weighted by molar-refractivity contribution is 5.61. The maximum atomic E-state index is 5.92. The minimum absolute atomic E-state index is 0.671. The molecule has 1 saturated heterocycles. The van der Waals surface area contributed by atoms with Gasteiger partial charge in [-0.15, -0.1) is 10.2 Å². The SMILES string of the molecule is c1cc(OCCN2CCOCC2)cc(-c2nnc3ccccn23)c1. The summed E-state index contributed by atoms with van der Waals surface area (Å²) in [6.45, 7) is 5.18. The molecule has 0 spiro atoms. The van der Waals surface area contributed by atoms with E-state index in [0.29, 0.717) is 6.61 Å². The van der Waals surface area contributed by atoms with Crippen LogP contribution in [0.25, 0.3) is 17.0 Å². The summed E-state index contributed by atoms with van der Waals surface area (Å²) in [5, 5.41) is 8.50. The van der Waals surface area contributed by atoms with Crippen LogP contribution in [0.15, 0.2) is 48.7 Å². The first-order chi connectivity index (χ1) is 11.9. The predicted molar refractivity (Wildman–Crippen MR) is 91.2 cm³/mol. The van der Waals surface area contributed by atoms with Crippen molar-refractivity contribution in [3.05, 3.63) is 48.7 Å². The van der Waals surface area contributed by atoms with E-state index in [1.807, 2.05) is 53.1 Å². The molecule has 6 nitrogen and oxygen atoms in total. The van der Waals surface area contributed by atoms with Crippen molar-refractivity contribution >= 4 is 5.65 Å². The predicted octanol–water partition coefficient (Wildman–Crippen LogP) is 2.11. The van der Waals surface area contributed by atoms with E-state index in [-0.39, 0.29) is 0 Å². The zero-order valence-corrected chi connectivity index (χ0v) is 13.5. The Kier molecular flexibility index (Phi) is 4.40. The van der Waals surface area contributed by atoms with Gasteiger partial charge in [-0.25, -0.2) is 0 Å². The highest BCUT2D eigenvalue weighted by Gasteiger charge is 2.11. The average molecular weight is 324 g/mol. The van der Waals surface area contributed by atoms with Gasteiger partial charge in [0.25, 0.3) is 0 Å². The lowest BCUT2D eigenvalue weighted by Gasteiger charge is -2.26. The quantitative estimate of drug-likeness (QED) is 0.719. The lowest BCUT2D eigenvalue weighted by Crippen LogP contribution is -2.38. The first kappa shape index (κ1) is 15.1. The summed E-state index contributed by atoms with van der Waals surface area (Å²) in [7, 11) is 0. The molecule has 0 bridgehead atoms. The van der Waals surface area contributed by atoms with Crippen molar-refractivity contribution in [2.75, 3.05) is 39.5 Å². The van der Waals surface area contributed by atoms with Gasteiger partial charge in [-0.05, 0) is 24.3 Å². The van der Waals surface area contributed by atoms with Gasteiger partial charge in [0.2, 0.25) is 0 Å². The molecule has 0 radical (unpaired) electrons. The van der Waals surface area contributed by atoms with Crippen molar-refractivity contribution in [1.82, 2.24) is 19.5 Å². The van der Waals surface area contributed by atoms with Gasteiger partial charge in [0.1, 0.15) is 12.4 Å². The number of nitrogens with zero attached hydrogens (tertiary/aromatic N) is 4. The number of fused-ring (bicyclic) bond motifs is 1. The Bertz CT molecular complexity index is 811. The van der Waals surface area contributed by atoms with Crippen LogP contribution < -0.4 is 4.74 Å². The van der Waals surface area contributed by atoms with Crippen LogP contribution in [0, 0.1) is 0 Å².